The first-order valence-electron chi connectivity index (χ1n) is 5.30. The van der Waals surface area contributed by atoms with Crippen LogP contribution in [-0.4, -0.2) is 18.4 Å². The van der Waals surface area contributed by atoms with Crippen molar-refractivity contribution in [3.05, 3.63) is 57.6 Å². The van der Waals surface area contributed by atoms with E-state index in [1.54, 1.807) is 0 Å². The number of nitrogens with zero attached hydrogens (tertiary/aromatic N) is 1. The molecule has 2 aromatic carbocycles. The highest BCUT2D eigenvalue weighted by atomic mass is 35.5. The first-order valence-corrected chi connectivity index (χ1v) is 7.16. The van der Waals surface area contributed by atoms with Crippen molar-refractivity contribution < 1.29 is 18.4 Å². The highest BCUT2D eigenvalue weighted by molar-refractivity contribution is 7.91. The van der Waals surface area contributed by atoms with Crippen molar-refractivity contribution in [1.29, 1.82) is 0 Å². The summed E-state index contributed by atoms with van der Waals surface area (Å²) in [5.41, 5.74) is -0.502. The topological polar surface area (TPSA) is 97.5 Å². The molecule has 104 valence electrons. The van der Waals surface area contributed by atoms with Crippen LogP contribution < -0.4 is 0 Å². The van der Waals surface area contributed by atoms with Gasteiger partial charge < -0.3 is 5.11 Å². The van der Waals surface area contributed by atoms with Crippen molar-refractivity contribution in [2.75, 3.05) is 0 Å². The second kappa shape index (κ2) is 5.10. The third-order valence-corrected chi connectivity index (χ3v) is 4.52. The number of rotatable bonds is 3. The van der Waals surface area contributed by atoms with Crippen LogP contribution in [0, 0.1) is 10.1 Å². The Hall–Kier alpha value is -2.12. The molecule has 0 aliphatic heterocycles. The van der Waals surface area contributed by atoms with E-state index in [9.17, 15) is 23.6 Å². The van der Waals surface area contributed by atoms with E-state index in [2.05, 4.69) is 0 Å². The van der Waals surface area contributed by atoms with Crippen LogP contribution in [0.15, 0.2) is 52.3 Å². The van der Waals surface area contributed by atoms with Crippen LogP contribution in [0.2, 0.25) is 5.02 Å². The van der Waals surface area contributed by atoms with Crippen LogP contribution in [0.25, 0.3) is 0 Å². The first kappa shape index (κ1) is 14.3. The van der Waals surface area contributed by atoms with Crippen molar-refractivity contribution in [2.45, 2.75) is 9.79 Å². The van der Waals surface area contributed by atoms with Crippen LogP contribution in [0.3, 0.4) is 0 Å². The maximum Gasteiger partial charge on any atom is 0.274 e. The minimum absolute atomic E-state index is 0.0678. The number of non-ortho nitro benzene ring substituents is 1. The summed E-state index contributed by atoms with van der Waals surface area (Å²) in [6.45, 7) is 0. The van der Waals surface area contributed by atoms with Gasteiger partial charge in [-0.15, -0.1) is 0 Å². The number of halogens is 1. The van der Waals surface area contributed by atoms with Gasteiger partial charge in [0.1, 0.15) is 5.75 Å². The lowest BCUT2D eigenvalue weighted by molar-refractivity contribution is -0.385. The zero-order valence-corrected chi connectivity index (χ0v) is 11.4. The number of nitro groups is 1. The summed E-state index contributed by atoms with van der Waals surface area (Å²) >= 11 is 5.68. The summed E-state index contributed by atoms with van der Waals surface area (Å²) in [5, 5.41) is 20.5. The third kappa shape index (κ3) is 2.73. The second-order valence-electron chi connectivity index (χ2n) is 3.90. The van der Waals surface area contributed by atoms with Crippen molar-refractivity contribution in [1.82, 2.24) is 0 Å². The van der Waals surface area contributed by atoms with E-state index in [1.165, 1.54) is 24.3 Å². The molecule has 0 bridgehead atoms. The summed E-state index contributed by atoms with van der Waals surface area (Å²) in [7, 11) is -3.96. The first-order chi connectivity index (χ1) is 9.30. The SMILES string of the molecule is O=[N+]([O-])c1cc(O)cc(S(=O)(=O)c2ccc(Cl)cc2)c1. The van der Waals surface area contributed by atoms with Gasteiger partial charge in [-0.1, -0.05) is 11.6 Å². The van der Waals surface area contributed by atoms with Crippen LogP contribution in [0.5, 0.6) is 5.75 Å². The Labute approximate surface area is 119 Å². The van der Waals surface area contributed by atoms with Gasteiger partial charge in [0.25, 0.3) is 5.69 Å². The number of aromatic hydroxyl groups is 1. The van der Waals surface area contributed by atoms with Crippen LogP contribution in [0.4, 0.5) is 5.69 Å². The van der Waals surface area contributed by atoms with Gasteiger partial charge in [0.15, 0.2) is 0 Å². The number of benzene rings is 2. The molecule has 0 aliphatic carbocycles. The number of nitro benzene ring substituents is 1. The van der Waals surface area contributed by atoms with E-state index < -0.39 is 26.2 Å². The second-order valence-corrected chi connectivity index (χ2v) is 6.29. The molecule has 0 aromatic heterocycles. The van der Waals surface area contributed by atoms with Crippen molar-refractivity contribution in [2.24, 2.45) is 0 Å². The van der Waals surface area contributed by atoms with Gasteiger partial charge >= 0.3 is 0 Å². The number of phenolic OH excluding ortho intramolecular Hbond substituents is 1. The number of hydrogen-bond acceptors (Lipinski definition) is 5. The molecule has 0 saturated heterocycles. The summed E-state index contributed by atoms with van der Waals surface area (Å²) in [4.78, 5) is 9.50. The third-order valence-electron chi connectivity index (χ3n) is 2.52. The summed E-state index contributed by atoms with van der Waals surface area (Å²) in [6, 6.07) is 8.08. The van der Waals surface area contributed by atoms with Crippen molar-refractivity contribution >= 4 is 27.1 Å². The normalized spacial score (nSPS) is 11.2. The lowest BCUT2D eigenvalue weighted by Gasteiger charge is -2.05. The molecule has 0 amide bonds. The molecule has 1 N–H and O–H groups in total. The molecular weight excluding hydrogens is 306 g/mol. The molecule has 0 unspecified atom stereocenters. The number of hydrogen-bond donors (Lipinski definition) is 1. The van der Waals surface area contributed by atoms with Gasteiger partial charge in [-0.3, -0.25) is 10.1 Å². The standard InChI is InChI=1S/C12H8ClNO5S/c13-8-1-3-11(4-2-8)20(18,19)12-6-9(14(16)17)5-10(15)7-12/h1-7,15H. The predicted molar refractivity (Wildman–Crippen MR) is 71.7 cm³/mol. The molecule has 0 radical (unpaired) electrons. The highest BCUT2D eigenvalue weighted by Crippen LogP contribution is 2.29. The fourth-order valence-corrected chi connectivity index (χ4v) is 3.02. The average Bonchev–Trinajstić information content (AvgIpc) is 2.38. The molecule has 6 nitrogen and oxygen atoms in total. The van der Waals surface area contributed by atoms with Crippen molar-refractivity contribution in [3.63, 3.8) is 0 Å². The minimum Gasteiger partial charge on any atom is -0.508 e. The van der Waals surface area contributed by atoms with E-state index in [1.807, 2.05) is 0 Å². The van der Waals surface area contributed by atoms with Gasteiger partial charge in [-0.25, -0.2) is 8.42 Å². The van der Waals surface area contributed by atoms with E-state index in [0.717, 1.165) is 18.2 Å². The fourth-order valence-electron chi connectivity index (χ4n) is 1.58. The van der Waals surface area contributed by atoms with Crippen LogP contribution in [0.1, 0.15) is 0 Å². The van der Waals surface area contributed by atoms with E-state index in [4.69, 9.17) is 11.6 Å². The lowest BCUT2D eigenvalue weighted by Crippen LogP contribution is -2.02. The Morgan fingerprint density at radius 3 is 2.20 bits per heavy atom. The zero-order valence-electron chi connectivity index (χ0n) is 9.86. The molecule has 0 fully saturated rings. The maximum atomic E-state index is 12.3. The van der Waals surface area contributed by atoms with Gasteiger partial charge in [0, 0.05) is 11.1 Å². The maximum absolute atomic E-state index is 12.3. The van der Waals surface area contributed by atoms with Gasteiger partial charge in [0.2, 0.25) is 9.84 Å². The molecule has 20 heavy (non-hydrogen) atoms. The van der Waals surface area contributed by atoms with E-state index in [0.29, 0.717) is 5.02 Å². The molecule has 0 atom stereocenters. The highest BCUT2D eigenvalue weighted by Gasteiger charge is 2.21. The summed E-state index contributed by atoms with van der Waals surface area (Å²) in [5.74, 6) is -0.494. The molecular formula is C12H8ClNO5S. The largest absolute Gasteiger partial charge is 0.508 e. The van der Waals surface area contributed by atoms with Gasteiger partial charge in [-0.05, 0) is 30.3 Å². The molecule has 0 aliphatic rings. The number of sulfone groups is 1. The average molecular weight is 314 g/mol. The predicted octanol–water partition coefficient (Wildman–Crippen LogP) is 2.79. The van der Waals surface area contributed by atoms with Gasteiger partial charge in [-0.2, -0.15) is 0 Å². The summed E-state index contributed by atoms with van der Waals surface area (Å²) < 4.78 is 24.6. The Kier molecular flexibility index (Phi) is 3.65. The lowest BCUT2D eigenvalue weighted by atomic mass is 10.3. The van der Waals surface area contributed by atoms with Crippen LogP contribution >= 0.6 is 11.6 Å². The van der Waals surface area contributed by atoms with E-state index in [-0.39, 0.29) is 9.79 Å². The fraction of sp³-hybridized carbons (Fsp3) is 0. The molecule has 0 heterocycles. The Balaban J connectivity index is 2.60. The minimum atomic E-state index is -3.96. The Bertz CT molecular complexity index is 771. The molecule has 0 saturated carbocycles. The Morgan fingerprint density at radius 1 is 1.05 bits per heavy atom. The van der Waals surface area contributed by atoms with Gasteiger partial charge in [0.05, 0.1) is 20.8 Å². The Morgan fingerprint density at radius 2 is 1.65 bits per heavy atom. The zero-order chi connectivity index (χ0) is 14.9. The monoisotopic (exact) mass is 313 g/mol. The smallest absolute Gasteiger partial charge is 0.274 e. The molecule has 2 aromatic rings. The van der Waals surface area contributed by atoms with Crippen LogP contribution in [-0.2, 0) is 9.84 Å². The quantitative estimate of drug-likeness (QED) is 0.694. The number of phenols is 1. The molecule has 0 spiro atoms. The van der Waals surface area contributed by atoms with Crippen molar-refractivity contribution in [3.8, 4) is 5.75 Å². The molecule has 2 rings (SSSR count). The molecule has 8 heteroatoms. The van der Waals surface area contributed by atoms with E-state index >= 15 is 0 Å². The summed E-state index contributed by atoms with van der Waals surface area (Å²) in [6.07, 6.45) is 0.